The highest BCUT2D eigenvalue weighted by Crippen LogP contribution is 2.44. The predicted octanol–water partition coefficient (Wildman–Crippen LogP) is 5.17. The monoisotopic (exact) mass is 500 g/mol. The summed E-state index contributed by atoms with van der Waals surface area (Å²) < 4.78 is 67.9. The minimum atomic E-state index is -4.78. The molecule has 0 aliphatic heterocycles. The lowest BCUT2D eigenvalue weighted by Gasteiger charge is -2.28. The molecule has 5 nitrogen and oxygen atoms in total. The highest BCUT2D eigenvalue weighted by molar-refractivity contribution is 7.92. The van der Waals surface area contributed by atoms with E-state index in [1.165, 1.54) is 18.2 Å². The average Bonchev–Trinajstić information content (AvgIpc) is 3.35. The van der Waals surface area contributed by atoms with Crippen molar-refractivity contribution in [3.63, 3.8) is 0 Å². The van der Waals surface area contributed by atoms with E-state index >= 15 is 0 Å². The molecule has 2 saturated carbocycles. The molecule has 2 bridgehead atoms. The second-order valence-corrected chi connectivity index (χ2v) is 11.1. The lowest BCUT2D eigenvalue weighted by molar-refractivity contribution is -0.137. The van der Waals surface area contributed by atoms with E-state index in [0.29, 0.717) is 22.2 Å². The number of amides is 1. The molecule has 2 aromatic carbocycles. The lowest BCUT2D eigenvalue weighted by Crippen LogP contribution is -2.46. The molecule has 0 spiro atoms. The number of benzene rings is 2. The number of carbonyl (C=O) groups is 1. The molecule has 4 rings (SSSR count). The molecule has 33 heavy (non-hydrogen) atoms. The Morgan fingerprint density at radius 1 is 1.12 bits per heavy atom. The van der Waals surface area contributed by atoms with Crippen LogP contribution in [-0.2, 0) is 21.0 Å². The van der Waals surface area contributed by atoms with E-state index < -0.39 is 39.2 Å². The normalized spacial score (nSPS) is 22.4. The molecule has 0 heterocycles. The first kappa shape index (κ1) is 23.9. The number of carbonyl (C=O) groups excluding carboxylic acids is 1. The van der Waals surface area contributed by atoms with E-state index in [1.807, 2.05) is 0 Å². The Labute approximate surface area is 196 Å². The highest BCUT2D eigenvalue weighted by atomic mass is 35.5. The van der Waals surface area contributed by atoms with Crippen LogP contribution in [0.3, 0.4) is 0 Å². The maximum atomic E-state index is 13.4. The summed E-state index contributed by atoms with van der Waals surface area (Å²) >= 11 is 5.72. The van der Waals surface area contributed by atoms with Crippen LogP contribution in [0.4, 0.5) is 18.9 Å². The Bertz CT molecular complexity index is 1150. The molecule has 2 aliphatic rings. The van der Waals surface area contributed by atoms with Gasteiger partial charge in [0.05, 0.1) is 21.2 Å². The molecule has 0 radical (unpaired) electrons. The minimum absolute atomic E-state index is 0.0314. The first-order valence-electron chi connectivity index (χ1n) is 10.7. The summed E-state index contributed by atoms with van der Waals surface area (Å²) in [7, 11) is -4.32. The van der Waals surface area contributed by atoms with Crippen LogP contribution in [-0.4, -0.2) is 26.9 Å². The predicted molar refractivity (Wildman–Crippen MR) is 120 cm³/mol. The van der Waals surface area contributed by atoms with Crippen LogP contribution in [0, 0.1) is 18.8 Å². The SMILES string of the molecule is Cc1ccc(S(=O)(=O)N(CC(=O)N[C@H]2C[C@H]3CC[C@H]2C3)c2ccc(Cl)c(C(F)(F)F)c2)cc1. The number of aryl methyl sites for hydroxylation is 1. The fourth-order valence-electron chi connectivity index (χ4n) is 4.84. The highest BCUT2D eigenvalue weighted by Gasteiger charge is 2.41. The molecule has 10 heteroatoms. The van der Waals surface area contributed by atoms with Gasteiger partial charge in [0.15, 0.2) is 0 Å². The van der Waals surface area contributed by atoms with Crippen molar-refractivity contribution < 1.29 is 26.4 Å². The van der Waals surface area contributed by atoms with E-state index in [1.54, 1.807) is 19.1 Å². The number of hydrogen-bond donors (Lipinski definition) is 1. The van der Waals surface area contributed by atoms with Gasteiger partial charge in [0.1, 0.15) is 6.54 Å². The molecule has 1 N–H and O–H groups in total. The third kappa shape index (κ3) is 4.99. The van der Waals surface area contributed by atoms with Crippen molar-refractivity contribution in [3.05, 3.63) is 58.6 Å². The van der Waals surface area contributed by atoms with Crippen molar-refractivity contribution in [2.75, 3.05) is 10.8 Å². The van der Waals surface area contributed by atoms with Crippen LogP contribution in [0.2, 0.25) is 5.02 Å². The zero-order valence-electron chi connectivity index (χ0n) is 17.9. The van der Waals surface area contributed by atoms with Gasteiger partial charge in [-0.1, -0.05) is 35.7 Å². The Morgan fingerprint density at radius 2 is 1.82 bits per heavy atom. The zero-order chi connectivity index (χ0) is 24.0. The first-order valence-corrected chi connectivity index (χ1v) is 12.5. The van der Waals surface area contributed by atoms with Crippen LogP contribution in [0.25, 0.3) is 0 Å². The summed E-state index contributed by atoms with van der Waals surface area (Å²) in [6.07, 6.45) is -0.733. The molecule has 0 saturated heterocycles. The fraction of sp³-hybridized carbons (Fsp3) is 0.435. The van der Waals surface area contributed by atoms with E-state index in [0.717, 1.165) is 37.3 Å². The number of fused-ring (bicyclic) bond motifs is 2. The van der Waals surface area contributed by atoms with Crippen molar-refractivity contribution in [1.82, 2.24) is 5.32 Å². The van der Waals surface area contributed by atoms with Crippen LogP contribution >= 0.6 is 11.6 Å². The third-order valence-electron chi connectivity index (χ3n) is 6.52. The molecular weight excluding hydrogens is 477 g/mol. The van der Waals surface area contributed by atoms with Gasteiger partial charge in [-0.3, -0.25) is 9.10 Å². The topological polar surface area (TPSA) is 66.5 Å². The molecule has 178 valence electrons. The second kappa shape index (κ2) is 8.83. The number of rotatable bonds is 6. The Kier molecular flexibility index (Phi) is 6.39. The summed E-state index contributed by atoms with van der Waals surface area (Å²) in [5, 5.41) is 2.36. The Hall–Kier alpha value is -2.26. The summed E-state index contributed by atoms with van der Waals surface area (Å²) in [4.78, 5) is 12.8. The summed E-state index contributed by atoms with van der Waals surface area (Å²) in [6.45, 7) is 1.15. The van der Waals surface area contributed by atoms with Gasteiger partial charge < -0.3 is 5.32 Å². The van der Waals surface area contributed by atoms with Crippen LogP contribution in [0.5, 0.6) is 0 Å². The standard InChI is InChI=1S/C23H24ClF3N2O3S/c1-14-2-7-18(8-3-14)33(31,32)29(17-6-9-20(24)19(12-17)23(25,26)27)13-22(30)28-21-11-15-4-5-16(21)10-15/h2-3,6-9,12,15-16,21H,4-5,10-11,13H2,1H3,(H,28,30)/t15-,16-,21-/m0/s1. The minimum Gasteiger partial charge on any atom is -0.352 e. The van der Waals surface area contributed by atoms with Gasteiger partial charge in [0, 0.05) is 6.04 Å². The van der Waals surface area contributed by atoms with E-state index in [4.69, 9.17) is 11.6 Å². The number of halogens is 4. The third-order valence-corrected chi connectivity index (χ3v) is 8.64. The molecule has 2 aliphatic carbocycles. The van der Waals surface area contributed by atoms with Gasteiger partial charge in [0.2, 0.25) is 5.91 Å². The van der Waals surface area contributed by atoms with Crippen LogP contribution in [0.15, 0.2) is 47.4 Å². The molecule has 1 amide bonds. The molecule has 0 aromatic heterocycles. The zero-order valence-corrected chi connectivity index (χ0v) is 19.5. The van der Waals surface area contributed by atoms with Gasteiger partial charge in [-0.05, 0) is 68.4 Å². The molecular formula is C23H24ClF3N2O3S. The van der Waals surface area contributed by atoms with Gasteiger partial charge in [0.25, 0.3) is 10.0 Å². The summed E-state index contributed by atoms with van der Waals surface area (Å²) in [5.41, 5.74) is -0.630. The summed E-state index contributed by atoms with van der Waals surface area (Å²) in [6, 6.07) is 8.71. The number of alkyl halides is 3. The molecule has 2 aromatic rings. The van der Waals surface area contributed by atoms with Crippen molar-refractivity contribution in [2.24, 2.45) is 11.8 Å². The van der Waals surface area contributed by atoms with Crippen molar-refractivity contribution in [3.8, 4) is 0 Å². The van der Waals surface area contributed by atoms with Crippen molar-refractivity contribution >= 4 is 33.2 Å². The Morgan fingerprint density at radius 3 is 2.39 bits per heavy atom. The van der Waals surface area contributed by atoms with E-state index in [9.17, 15) is 26.4 Å². The van der Waals surface area contributed by atoms with Crippen LogP contribution in [0.1, 0.15) is 36.8 Å². The Balaban J connectivity index is 1.68. The number of sulfonamides is 1. The average molecular weight is 501 g/mol. The van der Waals surface area contributed by atoms with Gasteiger partial charge in [-0.15, -0.1) is 0 Å². The smallest absolute Gasteiger partial charge is 0.352 e. The lowest BCUT2D eigenvalue weighted by atomic mass is 9.95. The summed E-state index contributed by atoms with van der Waals surface area (Å²) in [5.74, 6) is 0.388. The van der Waals surface area contributed by atoms with E-state index in [2.05, 4.69) is 5.32 Å². The number of nitrogens with one attached hydrogen (secondary N) is 1. The quantitative estimate of drug-likeness (QED) is 0.595. The molecule has 2 fully saturated rings. The maximum Gasteiger partial charge on any atom is 0.417 e. The fourth-order valence-corrected chi connectivity index (χ4v) is 6.48. The number of anilines is 1. The van der Waals surface area contributed by atoms with Crippen molar-refractivity contribution in [2.45, 2.75) is 49.7 Å². The maximum absolute atomic E-state index is 13.4. The van der Waals surface area contributed by atoms with Crippen molar-refractivity contribution in [1.29, 1.82) is 0 Å². The van der Waals surface area contributed by atoms with Gasteiger partial charge in [-0.25, -0.2) is 8.42 Å². The molecule has 3 atom stereocenters. The van der Waals surface area contributed by atoms with Gasteiger partial charge >= 0.3 is 6.18 Å². The van der Waals surface area contributed by atoms with E-state index in [-0.39, 0.29) is 16.6 Å². The first-order chi connectivity index (χ1) is 15.4. The number of nitrogens with zero attached hydrogens (tertiary/aromatic N) is 1. The van der Waals surface area contributed by atoms with Crippen LogP contribution < -0.4 is 9.62 Å². The largest absolute Gasteiger partial charge is 0.417 e. The van der Waals surface area contributed by atoms with Gasteiger partial charge in [-0.2, -0.15) is 13.2 Å². The second-order valence-electron chi connectivity index (χ2n) is 8.84. The number of hydrogen-bond acceptors (Lipinski definition) is 3. The molecule has 0 unspecified atom stereocenters.